The monoisotopic (exact) mass is 418 g/mol. The number of halogens is 3. The summed E-state index contributed by atoms with van der Waals surface area (Å²) in [5, 5.41) is 1.23. The second-order valence-corrected chi connectivity index (χ2v) is 8.06. The number of rotatable bonds is 7. The van der Waals surface area contributed by atoms with Crippen molar-refractivity contribution in [2.45, 2.75) is 39.0 Å². The molecule has 0 saturated heterocycles. The Kier molecular flexibility index (Phi) is 6.41. The molecule has 0 aliphatic carbocycles. The van der Waals surface area contributed by atoms with Crippen molar-refractivity contribution in [2.75, 3.05) is 0 Å². The molecule has 0 unspecified atom stereocenters. The molecular formula is C28H25F3. The summed E-state index contributed by atoms with van der Waals surface area (Å²) >= 11 is 0. The zero-order chi connectivity index (χ0) is 21.8. The minimum atomic E-state index is -0.719. The Balaban J connectivity index is 1.52. The summed E-state index contributed by atoms with van der Waals surface area (Å²) in [5.41, 5.74) is 4.19. The molecule has 0 spiro atoms. The minimum absolute atomic E-state index is 0.196. The maximum absolute atomic E-state index is 15.1. The number of fused-ring (bicyclic) bond motifs is 1. The maximum Gasteiger partial charge on any atom is 0.138 e. The van der Waals surface area contributed by atoms with Crippen molar-refractivity contribution in [1.82, 2.24) is 0 Å². The van der Waals surface area contributed by atoms with Gasteiger partial charge in [0.05, 0.1) is 0 Å². The van der Waals surface area contributed by atoms with Crippen LogP contribution in [0.15, 0.2) is 72.8 Å². The highest BCUT2D eigenvalue weighted by Crippen LogP contribution is 2.30. The van der Waals surface area contributed by atoms with Crippen LogP contribution in [0.1, 0.15) is 36.5 Å². The first-order valence-electron chi connectivity index (χ1n) is 10.8. The third-order valence-electron chi connectivity index (χ3n) is 5.74. The van der Waals surface area contributed by atoms with E-state index in [1.807, 2.05) is 18.2 Å². The lowest BCUT2D eigenvalue weighted by Crippen LogP contribution is -1.94. The molecule has 0 aliphatic rings. The number of benzene rings is 4. The molecule has 0 atom stereocenters. The van der Waals surface area contributed by atoms with E-state index >= 15 is 4.39 Å². The first kappa shape index (κ1) is 21.2. The van der Waals surface area contributed by atoms with Gasteiger partial charge in [-0.2, -0.15) is 0 Å². The van der Waals surface area contributed by atoms with E-state index in [4.69, 9.17) is 0 Å². The molecule has 4 rings (SSSR count). The Morgan fingerprint density at radius 3 is 1.90 bits per heavy atom. The van der Waals surface area contributed by atoms with E-state index in [1.54, 1.807) is 12.1 Å². The zero-order valence-corrected chi connectivity index (χ0v) is 17.6. The SMILES string of the molecule is CCCCc1ccc(CCc2ccc3c(F)c(-c4cc(F)cc(F)c4)ccc3c2)cc1. The van der Waals surface area contributed by atoms with Crippen LogP contribution in [0.4, 0.5) is 13.2 Å². The summed E-state index contributed by atoms with van der Waals surface area (Å²) < 4.78 is 42.2. The molecule has 0 aromatic heterocycles. The summed E-state index contributed by atoms with van der Waals surface area (Å²) in [5.74, 6) is -1.90. The Morgan fingerprint density at radius 1 is 0.613 bits per heavy atom. The molecule has 3 heteroatoms. The van der Waals surface area contributed by atoms with E-state index in [-0.39, 0.29) is 11.1 Å². The van der Waals surface area contributed by atoms with Crippen molar-refractivity contribution in [1.29, 1.82) is 0 Å². The third kappa shape index (κ3) is 4.99. The van der Waals surface area contributed by atoms with Gasteiger partial charge >= 0.3 is 0 Å². The van der Waals surface area contributed by atoms with Gasteiger partial charge in [0.25, 0.3) is 0 Å². The van der Waals surface area contributed by atoms with Gasteiger partial charge in [-0.15, -0.1) is 0 Å². The maximum atomic E-state index is 15.1. The average molecular weight is 419 g/mol. The molecule has 4 aromatic rings. The average Bonchev–Trinajstić information content (AvgIpc) is 2.76. The molecule has 0 fully saturated rings. The van der Waals surface area contributed by atoms with Crippen LogP contribution in [-0.2, 0) is 19.3 Å². The molecule has 0 amide bonds. The largest absolute Gasteiger partial charge is 0.207 e. The predicted octanol–water partition coefficient (Wildman–Crippen LogP) is 8.05. The van der Waals surface area contributed by atoms with Gasteiger partial charge in [-0.25, -0.2) is 13.2 Å². The van der Waals surface area contributed by atoms with Gasteiger partial charge in [0.2, 0.25) is 0 Å². The topological polar surface area (TPSA) is 0 Å². The predicted molar refractivity (Wildman–Crippen MR) is 122 cm³/mol. The van der Waals surface area contributed by atoms with Crippen LogP contribution in [0.3, 0.4) is 0 Å². The Morgan fingerprint density at radius 2 is 1.23 bits per heavy atom. The molecule has 0 nitrogen and oxygen atoms in total. The molecule has 0 heterocycles. The fourth-order valence-corrected chi connectivity index (χ4v) is 3.97. The molecular weight excluding hydrogens is 393 g/mol. The Labute approximate surface area is 181 Å². The van der Waals surface area contributed by atoms with Crippen LogP contribution in [0, 0.1) is 17.5 Å². The number of hydrogen-bond donors (Lipinski definition) is 0. The van der Waals surface area contributed by atoms with Crippen LogP contribution in [0.2, 0.25) is 0 Å². The normalized spacial score (nSPS) is 11.2. The lowest BCUT2D eigenvalue weighted by Gasteiger charge is -2.10. The molecule has 0 aliphatic heterocycles. The third-order valence-corrected chi connectivity index (χ3v) is 5.74. The lowest BCUT2D eigenvalue weighted by atomic mass is 9.96. The van der Waals surface area contributed by atoms with Crippen LogP contribution in [0.25, 0.3) is 21.9 Å². The summed E-state index contributed by atoms with van der Waals surface area (Å²) in [6.07, 6.45) is 5.32. The zero-order valence-electron chi connectivity index (χ0n) is 17.6. The number of aryl methyl sites for hydroxylation is 3. The molecule has 0 bridgehead atoms. The fraction of sp³-hybridized carbons (Fsp3) is 0.214. The molecule has 0 saturated carbocycles. The highest BCUT2D eigenvalue weighted by Gasteiger charge is 2.12. The fourth-order valence-electron chi connectivity index (χ4n) is 3.97. The molecule has 0 radical (unpaired) electrons. The summed E-state index contributed by atoms with van der Waals surface area (Å²) in [6.45, 7) is 2.20. The highest BCUT2D eigenvalue weighted by molar-refractivity contribution is 5.88. The minimum Gasteiger partial charge on any atom is -0.207 e. The smallest absolute Gasteiger partial charge is 0.138 e. The van der Waals surface area contributed by atoms with Gasteiger partial charge in [0.15, 0.2) is 0 Å². The summed E-state index contributed by atoms with van der Waals surface area (Å²) in [6, 6.07) is 20.9. The first-order chi connectivity index (χ1) is 15.0. The molecule has 4 aromatic carbocycles. The van der Waals surface area contributed by atoms with Gasteiger partial charge < -0.3 is 0 Å². The summed E-state index contributed by atoms with van der Waals surface area (Å²) in [4.78, 5) is 0. The highest BCUT2D eigenvalue weighted by atomic mass is 19.1. The van der Waals surface area contributed by atoms with Gasteiger partial charge in [0.1, 0.15) is 17.5 Å². The lowest BCUT2D eigenvalue weighted by molar-refractivity contribution is 0.583. The molecule has 31 heavy (non-hydrogen) atoms. The molecule has 0 N–H and O–H groups in total. The van der Waals surface area contributed by atoms with Crippen molar-refractivity contribution in [3.8, 4) is 11.1 Å². The van der Waals surface area contributed by atoms with Crippen LogP contribution in [0.5, 0.6) is 0 Å². The molecule has 158 valence electrons. The van der Waals surface area contributed by atoms with E-state index in [0.29, 0.717) is 5.39 Å². The second kappa shape index (κ2) is 9.38. The number of hydrogen-bond acceptors (Lipinski definition) is 0. The van der Waals surface area contributed by atoms with E-state index in [9.17, 15) is 8.78 Å². The Hall–Kier alpha value is -3.07. The van der Waals surface area contributed by atoms with Gasteiger partial charge in [-0.1, -0.05) is 67.9 Å². The second-order valence-electron chi connectivity index (χ2n) is 8.06. The quantitative estimate of drug-likeness (QED) is 0.285. The van der Waals surface area contributed by atoms with E-state index in [1.165, 1.54) is 24.0 Å². The van der Waals surface area contributed by atoms with Crippen molar-refractivity contribution >= 4 is 10.8 Å². The van der Waals surface area contributed by atoms with E-state index in [0.717, 1.165) is 48.4 Å². The van der Waals surface area contributed by atoms with Crippen LogP contribution >= 0.6 is 0 Å². The standard InChI is InChI=1S/C28H25F3/c1-2-3-4-19-5-7-20(8-6-19)9-10-21-11-13-26-22(15-21)12-14-27(28(26)31)23-16-24(29)18-25(30)17-23/h5-8,11-18H,2-4,9-10H2,1H3. The van der Waals surface area contributed by atoms with Gasteiger partial charge in [-0.3, -0.25) is 0 Å². The van der Waals surface area contributed by atoms with Crippen LogP contribution in [-0.4, -0.2) is 0 Å². The van der Waals surface area contributed by atoms with Crippen molar-refractivity contribution in [3.63, 3.8) is 0 Å². The van der Waals surface area contributed by atoms with Crippen molar-refractivity contribution < 1.29 is 13.2 Å². The summed E-state index contributed by atoms with van der Waals surface area (Å²) in [7, 11) is 0. The van der Waals surface area contributed by atoms with Crippen LogP contribution < -0.4 is 0 Å². The van der Waals surface area contributed by atoms with Crippen molar-refractivity contribution in [3.05, 3.63) is 107 Å². The number of unbranched alkanes of at least 4 members (excludes halogenated alkanes) is 1. The Bertz CT molecular complexity index is 1170. The van der Waals surface area contributed by atoms with E-state index in [2.05, 4.69) is 31.2 Å². The van der Waals surface area contributed by atoms with E-state index < -0.39 is 17.5 Å². The van der Waals surface area contributed by atoms with Gasteiger partial charge in [-0.05, 0) is 65.5 Å². The van der Waals surface area contributed by atoms with Crippen molar-refractivity contribution in [2.24, 2.45) is 0 Å². The first-order valence-corrected chi connectivity index (χ1v) is 10.8. The van der Waals surface area contributed by atoms with Gasteiger partial charge in [0, 0.05) is 17.0 Å².